The first-order valence-electron chi connectivity index (χ1n) is 10.7. The second kappa shape index (κ2) is 9.92. The number of rotatable bonds is 8. The van der Waals surface area contributed by atoms with Crippen LogP contribution in [0.15, 0.2) is 90.0 Å². The molecule has 32 heavy (non-hydrogen) atoms. The van der Waals surface area contributed by atoms with Crippen molar-refractivity contribution in [3.05, 3.63) is 107 Å². The molecule has 0 bridgehead atoms. The average molecular weight is 427 g/mol. The van der Waals surface area contributed by atoms with Crippen LogP contribution in [0.3, 0.4) is 0 Å². The fourth-order valence-electron chi connectivity index (χ4n) is 3.68. The molecule has 1 heterocycles. The van der Waals surface area contributed by atoms with E-state index in [1.54, 1.807) is 17.0 Å². The van der Waals surface area contributed by atoms with Gasteiger partial charge in [0.05, 0.1) is 29.5 Å². The van der Waals surface area contributed by atoms with Crippen molar-refractivity contribution in [1.82, 2.24) is 15.0 Å². The summed E-state index contributed by atoms with van der Waals surface area (Å²) in [5, 5.41) is 2.46. The lowest BCUT2D eigenvalue weighted by molar-refractivity contribution is -0.121. The zero-order chi connectivity index (χ0) is 22.3. The number of hydrazine groups is 1. The van der Waals surface area contributed by atoms with Crippen LogP contribution in [0.2, 0.25) is 0 Å². The largest absolute Gasteiger partial charge is 0.299 e. The van der Waals surface area contributed by atoms with Gasteiger partial charge in [-0.15, -0.1) is 0 Å². The Balaban J connectivity index is 1.40. The third kappa shape index (κ3) is 5.03. The molecule has 0 radical (unpaired) electrons. The van der Waals surface area contributed by atoms with Gasteiger partial charge in [0, 0.05) is 13.0 Å². The van der Waals surface area contributed by atoms with Crippen molar-refractivity contribution >= 4 is 22.5 Å². The summed E-state index contributed by atoms with van der Waals surface area (Å²) < 4.78 is 1.58. The third-order valence-electron chi connectivity index (χ3n) is 5.37. The second-order valence-electron chi connectivity index (χ2n) is 7.76. The zero-order valence-electron chi connectivity index (χ0n) is 18.1. The van der Waals surface area contributed by atoms with Crippen LogP contribution in [0.4, 0.5) is 5.69 Å². The van der Waals surface area contributed by atoms with Gasteiger partial charge in [-0.3, -0.25) is 24.6 Å². The minimum absolute atomic E-state index is 0.0749. The molecule has 4 aromatic rings. The Hall–Kier alpha value is -3.93. The normalized spacial score (nSPS) is 10.8. The summed E-state index contributed by atoms with van der Waals surface area (Å²) in [4.78, 5) is 29.9. The summed E-state index contributed by atoms with van der Waals surface area (Å²) in [5.41, 5.74) is 6.65. The molecule has 0 atom stereocenters. The first kappa shape index (κ1) is 21.3. The number of benzene rings is 3. The van der Waals surface area contributed by atoms with Gasteiger partial charge >= 0.3 is 0 Å². The highest BCUT2D eigenvalue weighted by Crippen LogP contribution is 2.15. The van der Waals surface area contributed by atoms with E-state index in [0.717, 1.165) is 22.3 Å². The van der Waals surface area contributed by atoms with Crippen LogP contribution in [0.1, 0.15) is 24.0 Å². The minimum atomic E-state index is -0.0950. The van der Waals surface area contributed by atoms with Crippen LogP contribution >= 0.6 is 0 Å². The molecule has 6 nitrogen and oxygen atoms in total. The number of fused-ring (bicyclic) bond motifs is 1. The fraction of sp³-hybridized carbons (Fsp3) is 0.192. The number of amides is 1. The number of hydrogen-bond donors (Lipinski definition) is 1. The van der Waals surface area contributed by atoms with E-state index in [0.29, 0.717) is 31.3 Å². The molecule has 0 unspecified atom stereocenters. The predicted molar refractivity (Wildman–Crippen MR) is 127 cm³/mol. The maximum atomic E-state index is 12.7. The van der Waals surface area contributed by atoms with E-state index >= 15 is 0 Å². The van der Waals surface area contributed by atoms with Gasteiger partial charge in [0.25, 0.3) is 5.56 Å². The summed E-state index contributed by atoms with van der Waals surface area (Å²) >= 11 is 0. The summed E-state index contributed by atoms with van der Waals surface area (Å²) in [6.07, 6.45) is 2.41. The van der Waals surface area contributed by atoms with Gasteiger partial charge in [0.15, 0.2) is 0 Å². The smallest absolute Gasteiger partial charge is 0.261 e. The Morgan fingerprint density at radius 1 is 0.969 bits per heavy atom. The van der Waals surface area contributed by atoms with Crippen molar-refractivity contribution in [1.29, 1.82) is 0 Å². The maximum Gasteiger partial charge on any atom is 0.261 e. The number of nitrogens with zero attached hydrogens (tertiary/aromatic N) is 3. The van der Waals surface area contributed by atoms with Gasteiger partial charge < -0.3 is 0 Å². The molecular weight excluding hydrogens is 400 g/mol. The molecule has 0 saturated heterocycles. The van der Waals surface area contributed by atoms with E-state index in [1.807, 2.05) is 84.7 Å². The molecule has 0 fully saturated rings. The Bertz CT molecular complexity index is 1250. The van der Waals surface area contributed by atoms with Crippen LogP contribution in [0.5, 0.6) is 0 Å². The highest BCUT2D eigenvalue weighted by molar-refractivity contribution is 5.80. The van der Waals surface area contributed by atoms with E-state index in [-0.39, 0.29) is 11.5 Å². The molecule has 4 rings (SSSR count). The first-order valence-corrected chi connectivity index (χ1v) is 10.7. The van der Waals surface area contributed by atoms with Crippen molar-refractivity contribution in [2.45, 2.75) is 32.9 Å². The number of nitrogens with one attached hydrogen (secondary N) is 1. The summed E-state index contributed by atoms with van der Waals surface area (Å²) in [6.45, 7) is 2.94. The number of hydrogen-bond acceptors (Lipinski definition) is 4. The first-order chi connectivity index (χ1) is 15.6. The lowest BCUT2D eigenvalue weighted by Gasteiger charge is -2.25. The van der Waals surface area contributed by atoms with Gasteiger partial charge in [-0.25, -0.2) is 4.98 Å². The molecule has 3 aromatic carbocycles. The Morgan fingerprint density at radius 3 is 2.44 bits per heavy atom. The van der Waals surface area contributed by atoms with Crippen LogP contribution in [0, 0.1) is 6.92 Å². The molecule has 0 spiro atoms. The van der Waals surface area contributed by atoms with Crippen molar-refractivity contribution in [2.75, 3.05) is 5.01 Å². The Morgan fingerprint density at radius 2 is 1.69 bits per heavy atom. The monoisotopic (exact) mass is 426 g/mol. The third-order valence-corrected chi connectivity index (χ3v) is 5.37. The molecular formula is C26H26N4O2. The van der Waals surface area contributed by atoms with E-state index in [9.17, 15) is 9.59 Å². The van der Waals surface area contributed by atoms with Crippen molar-refractivity contribution < 1.29 is 4.79 Å². The van der Waals surface area contributed by atoms with Gasteiger partial charge in [0.2, 0.25) is 5.91 Å². The van der Waals surface area contributed by atoms with Crippen molar-refractivity contribution in [2.24, 2.45) is 0 Å². The minimum Gasteiger partial charge on any atom is -0.299 e. The van der Waals surface area contributed by atoms with E-state index < -0.39 is 0 Å². The molecule has 1 N–H and O–H groups in total. The lowest BCUT2D eigenvalue weighted by Crippen LogP contribution is -2.42. The highest BCUT2D eigenvalue weighted by atomic mass is 16.2. The van der Waals surface area contributed by atoms with Gasteiger partial charge in [-0.1, -0.05) is 60.7 Å². The van der Waals surface area contributed by atoms with Gasteiger partial charge in [0.1, 0.15) is 0 Å². The van der Waals surface area contributed by atoms with E-state index in [2.05, 4.69) is 10.4 Å². The number of anilines is 1. The highest BCUT2D eigenvalue weighted by Gasteiger charge is 2.12. The Labute approximate surface area is 187 Å². The van der Waals surface area contributed by atoms with Crippen molar-refractivity contribution in [3.63, 3.8) is 0 Å². The topological polar surface area (TPSA) is 67.2 Å². The van der Waals surface area contributed by atoms with Crippen LogP contribution < -0.4 is 16.0 Å². The molecule has 6 heteroatoms. The molecule has 0 saturated carbocycles. The molecule has 162 valence electrons. The fourth-order valence-corrected chi connectivity index (χ4v) is 3.68. The number of carbonyl (C=O) groups is 1. The standard InChI is InChI=1S/C26H26N4O2/c1-20-10-8-15-23-25(20)27-19-29(26(23)32)17-9-16-24(31)28-30(22-13-6-3-7-14-22)18-21-11-4-2-5-12-21/h2-8,10-15,19H,9,16-18H2,1H3,(H,28,31). The number of aryl methyl sites for hydroxylation is 2. The van der Waals surface area contributed by atoms with Crippen LogP contribution in [-0.4, -0.2) is 15.5 Å². The second-order valence-corrected chi connectivity index (χ2v) is 7.76. The molecule has 1 amide bonds. The summed E-state index contributed by atoms with van der Waals surface area (Å²) in [5.74, 6) is -0.0950. The molecule has 0 aliphatic carbocycles. The Kier molecular flexibility index (Phi) is 6.60. The van der Waals surface area contributed by atoms with Gasteiger partial charge in [-0.05, 0) is 42.7 Å². The number of carbonyl (C=O) groups excluding carboxylic acids is 1. The quantitative estimate of drug-likeness (QED) is 0.428. The zero-order valence-corrected chi connectivity index (χ0v) is 18.1. The van der Waals surface area contributed by atoms with Crippen LogP contribution in [0.25, 0.3) is 10.9 Å². The summed E-state index contributed by atoms with van der Waals surface area (Å²) in [7, 11) is 0. The predicted octanol–water partition coefficient (Wildman–Crippen LogP) is 4.22. The number of para-hydroxylation sites is 2. The summed E-state index contributed by atoms with van der Waals surface area (Å²) in [6, 6.07) is 25.4. The lowest BCUT2D eigenvalue weighted by atomic mass is 10.1. The maximum absolute atomic E-state index is 12.7. The number of aromatic nitrogens is 2. The SMILES string of the molecule is Cc1cccc2c(=O)n(CCCC(=O)NN(Cc3ccccc3)c3ccccc3)cnc12. The van der Waals surface area contributed by atoms with Gasteiger partial charge in [-0.2, -0.15) is 0 Å². The molecule has 1 aromatic heterocycles. The van der Waals surface area contributed by atoms with Crippen molar-refractivity contribution in [3.8, 4) is 0 Å². The molecule has 0 aliphatic heterocycles. The van der Waals surface area contributed by atoms with E-state index in [4.69, 9.17) is 0 Å². The van der Waals surface area contributed by atoms with Crippen LogP contribution in [-0.2, 0) is 17.9 Å². The average Bonchev–Trinajstić information content (AvgIpc) is 2.82. The van der Waals surface area contributed by atoms with E-state index in [1.165, 1.54) is 0 Å². The molecule has 0 aliphatic rings.